The van der Waals surface area contributed by atoms with Gasteiger partial charge in [0.25, 0.3) is 0 Å². The van der Waals surface area contributed by atoms with Crippen molar-refractivity contribution in [2.45, 2.75) is 12.2 Å². The summed E-state index contributed by atoms with van der Waals surface area (Å²) in [6.45, 7) is 0. The second-order valence-electron chi connectivity index (χ2n) is 4.33. The predicted molar refractivity (Wildman–Crippen MR) is 71.1 cm³/mol. The van der Waals surface area contributed by atoms with Crippen molar-refractivity contribution in [3.8, 4) is 0 Å². The molecular weight excluding hydrogens is 309 g/mol. The Kier molecular flexibility index (Phi) is 4.31. The summed E-state index contributed by atoms with van der Waals surface area (Å²) in [5, 5.41) is 11.4. The number of nitrogens with one attached hydrogen (secondary N) is 1. The van der Waals surface area contributed by atoms with Gasteiger partial charge in [-0.15, -0.1) is 11.8 Å². The predicted octanol–water partition coefficient (Wildman–Crippen LogP) is 2.70. The van der Waals surface area contributed by atoms with Gasteiger partial charge in [-0.05, 0) is 24.3 Å². The van der Waals surface area contributed by atoms with Gasteiger partial charge < -0.3 is 15.3 Å². The van der Waals surface area contributed by atoms with Crippen molar-refractivity contribution in [2.75, 3.05) is 16.9 Å². The topological polar surface area (TPSA) is 69.6 Å². The van der Waals surface area contributed by atoms with Gasteiger partial charge in [-0.1, -0.05) is 0 Å². The minimum absolute atomic E-state index is 0.175. The van der Waals surface area contributed by atoms with Crippen LogP contribution < -0.4 is 5.32 Å². The van der Waals surface area contributed by atoms with Crippen LogP contribution in [-0.4, -0.2) is 39.7 Å². The Morgan fingerprint density at radius 3 is 2.43 bits per heavy atom. The summed E-state index contributed by atoms with van der Waals surface area (Å²) in [6.07, 6.45) is -4.44. The van der Waals surface area contributed by atoms with Crippen LogP contribution in [0.5, 0.6) is 0 Å². The van der Waals surface area contributed by atoms with Gasteiger partial charge >= 0.3 is 18.2 Å². The van der Waals surface area contributed by atoms with Crippen molar-refractivity contribution in [3.63, 3.8) is 0 Å². The van der Waals surface area contributed by atoms with Crippen molar-refractivity contribution < 1.29 is 27.9 Å². The van der Waals surface area contributed by atoms with Crippen LogP contribution in [-0.2, 0) is 11.0 Å². The fraction of sp³-hybridized carbons (Fsp3) is 0.333. The molecule has 1 aliphatic rings. The van der Waals surface area contributed by atoms with Gasteiger partial charge in [-0.25, -0.2) is 9.59 Å². The number of alkyl halides is 3. The summed E-state index contributed by atoms with van der Waals surface area (Å²) in [4.78, 5) is 24.0. The van der Waals surface area contributed by atoms with Gasteiger partial charge in [-0.3, -0.25) is 0 Å². The molecule has 0 aromatic heterocycles. The quantitative estimate of drug-likeness (QED) is 0.879. The van der Waals surface area contributed by atoms with E-state index >= 15 is 0 Å². The Morgan fingerprint density at radius 2 is 1.90 bits per heavy atom. The summed E-state index contributed by atoms with van der Waals surface area (Å²) in [5.41, 5.74) is -0.644. The van der Waals surface area contributed by atoms with Crippen molar-refractivity contribution in [3.05, 3.63) is 29.8 Å². The molecule has 0 radical (unpaired) electrons. The van der Waals surface area contributed by atoms with E-state index in [1.807, 2.05) is 0 Å². The number of hydrogen-bond acceptors (Lipinski definition) is 3. The zero-order valence-electron chi connectivity index (χ0n) is 10.6. The molecule has 0 bridgehead atoms. The van der Waals surface area contributed by atoms with Crippen molar-refractivity contribution in [1.82, 2.24) is 4.90 Å². The minimum atomic E-state index is -4.44. The van der Waals surface area contributed by atoms with Gasteiger partial charge in [0.1, 0.15) is 6.04 Å². The maximum Gasteiger partial charge on any atom is 0.416 e. The van der Waals surface area contributed by atoms with E-state index in [9.17, 15) is 22.8 Å². The van der Waals surface area contributed by atoms with Crippen molar-refractivity contribution >= 4 is 29.4 Å². The third-order valence-electron chi connectivity index (χ3n) is 2.89. The molecule has 9 heteroatoms. The molecule has 1 aromatic carbocycles. The molecule has 0 aliphatic carbocycles. The number of carbonyl (C=O) groups is 2. The second-order valence-corrected chi connectivity index (χ2v) is 5.33. The highest BCUT2D eigenvalue weighted by Gasteiger charge is 2.35. The molecule has 1 aliphatic heterocycles. The number of amides is 2. The largest absolute Gasteiger partial charge is 0.480 e. The molecule has 2 N–H and O–H groups in total. The number of nitrogens with zero attached hydrogens (tertiary/aromatic N) is 1. The molecule has 21 heavy (non-hydrogen) atoms. The lowest BCUT2D eigenvalue weighted by Gasteiger charge is -2.21. The lowest BCUT2D eigenvalue weighted by atomic mass is 10.2. The Morgan fingerprint density at radius 1 is 1.29 bits per heavy atom. The number of carboxylic acid groups (broad SMARTS) is 1. The first-order chi connectivity index (χ1) is 9.79. The van der Waals surface area contributed by atoms with E-state index in [0.29, 0.717) is 0 Å². The van der Waals surface area contributed by atoms with Crippen LogP contribution in [0.3, 0.4) is 0 Å². The van der Waals surface area contributed by atoms with Crippen LogP contribution in [0.25, 0.3) is 0 Å². The van der Waals surface area contributed by atoms with Gasteiger partial charge in [0.05, 0.1) is 11.4 Å². The average molecular weight is 320 g/mol. The number of thioether (sulfide) groups is 1. The molecule has 1 aromatic rings. The van der Waals surface area contributed by atoms with Crippen LogP contribution in [0.15, 0.2) is 24.3 Å². The summed E-state index contributed by atoms with van der Waals surface area (Å²) >= 11 is 1.30. The van der Waals surface area contributed by atoms with Crippen LogP contribution in [0.2, 0.25) is 0 Å². The van der Waals surface area contributed by atoms with Crippen molar-refractivity contribution in [2.24, 2.45) is 0 Å². The van der Waals surface area contributed by atoms with Crippen LogP contribution >= 0.6 is 11.8 Å². The first kappa shape index (κ1) is 15.5. The highest BCUT2D eigenvalue weighted by molar-refractivity contribution is 7.99. The Balaban J connectivity index is 2.04. The fourth-order valence-corrected chi connectivity index (χ4v) is 2.93. The van der Waals surface area contributed by atoms with Gasteiger partial charge in [0, 0.05) is 11.4 Å². The SMILES string of the molecule is O=C(O)[C@@H]1CSCN1C(=O)Nc1ccc(C(F)(F)F)cc1. The zero-order chi connectivity index (χ0) is 15.6. The molecule has 1 heterocycles. The monoisotopic (exact) mass is 320 g/mol. The van der Waals surface area contributed by atoms with Gasteiger partial charge in [-0.2, -0.15) is 13.2 Å². The Hall–Kier alpha value is -1.90. The van der Waals surface area contributed by atoms with Crippen LogP contribution in [0.1, 0.15) is 5.56 Å². The lowest BCUT2D eigenvalue weighted by molar-refractivity contribution is -0.140. The fourth-order valence-electron chi connectivity index (χ4n) is 1.79. The number of anilines is 1. The normalized spacial score (nSPS) is 18.6. The standard InChI is InChI=1S/C12H11F3N2O3S/c13-12(14,15)7-1-3-8(4-2-7)16-11(20)17-6-21-5-9(17)10(18)19/h1-4,9H,5-6H2,(H,16,20)(H,18,19)/t9-/m0/s1. The molecule has 1 atom stereocenters. The van der Waals surface area contributed by atoms with E-state index in [0.717, 1.165) is 29.2 Å². The van der Waals surface area contributed by atoms with Gasteiger partial charge in [0.15, 0.2) is 0 Å². The number of rotatable bonds is 2. The molecule has 0 unspecified atom stereocenters. The molecule has 2 rings (SSSR count). The van der Waals surface area contributed by atoms with E-state index in [-0.39, 0.29) is 17.3 Å². The number of aliphatic carboxylic acids is 1. The zero-order valence-corrected chi connectivity index (χ0v) is 11.4. The Labute approximate surface area is 122 Å². The van der Waals surface area contributed by atoms with Crippen LogP contribution in [0, 0.1) is 0 Å². The molecule has 2 amide bonds. The lowest BCUT2D eigenvalue weighted by Crippen LogP contribution is -2.43. The van der Waals surface area contributed by atoms with Crippen molar-refractivity contribution in [1.29, 1.82) is 0 Å². The first-order valence-electron chi connectivity index (χ1n) is 5.84. The summed E-state index contributed by atoms with van der Waals surface area (Å²) in [6, 6.07) is 2.38. The molecule has 1 fully saturated rings. The second kappa shape index (κ2) is 5.84. The maximum absolute atomic E-state index is 12.4. The molecule has 0 saturated carbocycles. The third-order valence-corrected chi connectivity index (χ3v) is 3.90. The third kappa shape index (κ3) is 3.60. The van der Waals surface area contributed by atoms with E-state index < -0.39 is 29.8 Å². The summed E-state index contributed by atoms with van der Waals surface area (Å²) < 4.78 is 37.2. The molecular formula is C12H11F3N2O3S. The number of carbonyl (C=O) groups excluding carboxylic acids is 1. The number of benzene rings is 1. The Bertz CT molecular complexity index is 548. The molecule has 1 saturated heterocycles. The number of carboxylic acids is 1. The van der Waals surface area contributed by atoms with E-state index in [2.05, 4.69) is 5.32 Å². The highest BCUT2D eigenvalue weighted by Crippen LogP contribution is 2.30. The summed E-state index contributed by atoms with van der Waals surface area (Å²) in [7, 11) is 0. The number of urea groups is 1. The summed E-state index contributed by atoms with van der Waals surface area (Å²) in [5.74, 6) is -0.596. The molecule has 5 nitrogen and oxygen atoms in total. The van der Waals surface area contributed by atoms with Gasteiger partial charge in [0.2, 0.25) is 0 Å². The van der Waals surface area contributed by atoms with E-state index in [4.69, 9.17) is 5.11 Å². The smallest absolute Gasteiger partial charge is 0.416 e. The minimum Gasteiger partial charge on any atom is -0.480 e. The number of halogens is 3. The van der Waals surface area contributed by atoms with E-state index in [1.54, 1.807) is 0 Å². The molecule has 0 spiro atoms. The first-order valence-corrected chi connectivity index (χ1v) is 7.00. The van der Waals surface area contributed by atoms with Crippen LogP contribution in [0.4, 0.5) is 23.7 Å². The van der Waals surface area contributed by atoms with E-state index in [1.165, 1.54) is 11.8 Å². The number of hydrogen-bond donors (Lipinski definition) is 2. The maximum atomic E-state index is 12.4. The molecule has 114 valence electrons. The highest BCUT2D eigenvalue weighted by atomic mass is 32.2. The average Bonchev–Trinajstić information content (AvgIpc) is 2.87.